The standard InChI is InChI=1S/C13H19NO2/c1-4-8-16-13-9-12(15-3)7-6-11(13)10-14-5-2/h4,6-7,9,14H,1,5,8,10H2,2-3H3. The third-order valence-corrected chi connectivity index (χ3v) is 2.20. The smallest absolute Gasteiger partial charge is 0.127 e. The highest BCUT2D eigenvalue weighted by atomic mass is 16.5. The van der Waals surface area contributed by atoms with Gasteiger partial charge in [-0.15, -0.1) is 0 Å². The maximum absolute atomic E-state index is 5.59. The van der Waals surface area contributed by atoms with Crippen molar-refractivity contribution in [3.8, 4) is 11.5 Å². The summed E-state index contributed by atoms with van der Waals surface area (Å²) in [6.45, 7) is 7.96. The van der Waals surface area contributed by atoms with E-state index in [-0.39, 0.29) is 0 Å². The normalized spacial score (nSPS) is 9.88. The van der Waals surface area contributed by atoms with E-state index in [1.807, 2.05) is 18.2 Å². The van der Waals surface area contributed by atoms with Gasteiger partial charge in [0.15, 0.2) is 0 Å². The molecule has 0 saturated heterocycles. The largest absolute Gasteiger partial charge is 0.497 e. The van der Waals surface area contributed by atoms with E-state index < -0.39 is 0 Å². The van der Waals surface area contributed by atoms with E-state index in [9.17, 15) is 0 Å². The first-order valence-corrected chi connectivity index (χ1v) is 5.43. The van der Waals surface area contributed by atoms with Gasteiger partial charge in [0.2, 0.25) is 0 Å². The van der Waals surface area contributed by atoms with Crippen LogP contribution in [-0.4, -0.2) is 20.3 Å². The Morgan fingerprint density at radius 1 is 1.44 bits per heavy atom. The summed E-state index contributed by atoms with van der Waals surface area (Å²) in [4.78, 5) is 0. The monoisotopic (exact) mass is 221 g/mol. The molecule has 0 aromatic heterocycles. The molecule has 0 fully saturated rings. The lowest BCUT2D eigenvalue weighted by Crippen LogP contribution is -2.13. The topological polar surface area (TPSA) is 30.5 Å². The minimum Gasteiger partial charge on any atom is -0.497 e. The molecular formula is C13H19NO2. The van der Waals surface area contributed by atoms with Crippen LogP contribution in [0.4, 0.5) is 0 Å². The van der Waals surface area contributed by atoms with Gasteiger partial charge < -0.3 is 14.8 Å². The maximum Gasteiger partial charge on any atom is 0.127 e. The van der Waals surface area contributed by atoms with E-state index in [1.54, 1.807) is 13.2 Å². The zero-order valence-electron chi connectivity index (χ0n) is 9.95. The van der Waals surface area contributed by atoms with Gasteiger partial charge in [-0.3, -0.25) is 0 Å². The van der Waals surface area contributed by atoms with Crippen molar-refractivity contribution < 1.29 is 9.47 Å². The Bertz CT molecular complexity index is 337. The second kappa shape index (κ2) is 6.90. The minimum atomic E-state index is 0.506. The fourth-order valence-electron chi connectivity index (χ4n) is 1.35. The van der Waals surface area contributed by atoms with Crippen LogP contribution in [0.1, 0.15) is 12.5 Å². The van der Waals surface area contributed by atoms with Crippen molar-refractivity contribution in [2.45, 2.75) is 13.5 Å². The Balaban J connectivity index is 2.82. The lowest BCUT2D eigenvalue weighted by molar-refractivity contribution is 0.352. The summed E-state index contributed by atoms with van der Waals surface area (Å²) in [6.07, 6.45) is 1.73. The van der Waals surface area contributed by atoms with Crippen molar-refractivity contribution in [2.24, 2.45) is 0 Å². The molecule has 16 heavy (non-hydrogen) atoms. The number of hydrogen-bond donors (Lipinski definition) is 1. The summed E-state index contributed by atoms with van der Waals surface area (Å²) in [7, 11) is 1.65. The molecule has 0 saturated carbocycles. The van der Waals surface area contributed by atoms with E-state index in [0.29, 0.717) is 6.61 Å². The zero-order chi connectivity index (χ0) is 11.8. The van der Waals surface area contributed by atoms with Crippen molar-refractivity contribution in [1.29, 1.82) is 0 Å². The molecule has 0 aliphatic heterocycles. The number of rotatable bonds is 7. The Kier molecular flexibility index (Phi) is 5.43. The number of ether oxygens (including phenoxy) is 2. The minimum absolute atomic E-state index is 0.506. The van der Waals surface area contributed by atoms with E-state index in [1.165, 1.54) is 0 Å². The Labute approximate surface area is 97.1 Å². The third-order valence-electron chi connectivity index (χ3n) is 2.20. The molecule has 0 spiro atoms. The van der Waals surface area contributed by atoms with E-state index >= 15 is 0 Å². The van der Waals surface area contributed by atoms with Crippen LogP contribution in [0.5, 0.6) is 11.5 Å². The first-order chi connectivity index (χ1) is 7.81. The van der Waals surface area contributed by atoms with Crippen LogP contribution in [0.25, 0.3) is 0 Å². The Hall–Kier alpha value is -1.48. The van der Waals surface area contributed by atoms with Crippen LogP contribution in [0.3, 0.4) is 0 Å². The number of nitrogens with one attached hydrogen (secondary N) is 1. The summed E-state index contributed by atoms with van der Waals surface area (Å²) in [5, 5.41) is 3.27. The second-order valence-corrected chi connectivity index (χ2v) is 3.35. The number of methoxy groups -OCH3 is 1. The van der Waals surface area contributed by atoms with Gasteiger partial charge in [-0.2, -0.15) is 0 Å². The SMILES string of the molecule is C=CCOc1cc(OC)ccc1CNCC. The quantitative estimate of drug-likeness (QED) is 0.717. The van der Waals surface area contributed by atoms with E-state index in [2.05, 4.69) is 18.8 Å². The average molecular weight is 221 g/mol. The highest BCUT2D eigenvalue weighted by Crippen LogP contribution is 2.24. The molecule has 88 valence electrons. The summed E-state index contributed by atoms with van der Waals surface area (Å²) < 4.78 is 10.8. The van der Waals surface area contributed by atoms with Crippen molar-refractivity contribution in [1.82, 2.24) is 5.32 Å². The molecule has 3 heteroatoms. The summed E-state index contributed by atoms with van der Waals surface area (Å²) >= 11 is 0. The number of benzene rings is 1. The maximum atomic E-state index is 5.59. The molecule has 0 atom stereocenters. The van der Waals surface area contributed by atoms with E-state index in [0.717, 1.165) is 30.2 Å². The molecular weight excluding hydrogens is 202 g/mol. The first kappa shape index (κ1) is 12.6. The van der Waals surface area contributed by atoms with Gasteiger partial charge in [-0.25, -0.2) is 0 Å². The molecule has 1 aromatic carbocycles. The summed E-state index contributed by atoms with van der Waals surface area (Å²) in [6, 6.07) is 5.85. The van der Waals surface area contributed by atoms with E-state index in [4.69, 9.17) is 9.47 Å². The van der Waals surface area contributed by atoms with Gasteiger partial charge in [0.05, 0.1) is 7.11 Å². The van der Waals surface area contributed by atoms with Gasteiger partial charge in [0, 0.05) is 18.2 Å². The van der Waals surface area contributed by atoms with Crippen LogP contribution in [0, 0.1) is 0 Å². The highest BCUT2D eigenvalue weighted by Gasteiger charge is 2.04. The summed E-state index contributed by atoms with van der Waals surface area (Å²) in [5.74, 6) is 1.65. The Morgan fingerprint density at radius 3 is 2.88 bits per heavy atom. The lowest BCUT2D eigenvalue weighted by atomic mass is 10.2. The van der Waals surface area contributed by atoms with Crippen LogP contribution in [0.15, 0.2) is 30.9 Å². The highest BCUT2D eigenvalue weighted by molar-refractivity contribution is 5.40. The van der Waals surface area contributed by atoms with Crippen LogP contribution in [0.2, 0.25) is 0 Å². The average Bonchev–Trinajstić information content (AvgIpc) is 2.34. The molecule has 1 aromatic rings. The van der Waals surface area contributed by atoms with Gasteiger partial charge in [-0.05, 0) is 12.6 Å². The third kappa shape index (κ3) is 3.59. The van der Waals surface area contributed by atoms with Crippen LogP contribution >= 0.6 is 0 Å². The van der Waals surface area contributed by atoms with Crippen molar-refractivity contribution in [3.05, 3.63) is 36.4 Å². The van der Waals surface area contributed by atoms with Crippen molar-refractivity contribution in [2.75, 3.05) is 20.3 Å². The molecule has 0 unspecified atom stereocenters. The molecule has 1 rings (SSSR count). The summed E-state index contributed by atoms with van der Waals surface area (Å²) in [5.41, 5.74) is 1.13. The molecule has 0 aliphatic rings. The molecule has 0 amide bonds. The van der Waals surface area contributed by atoms with Gasteiger partial charge >= 0.3 is 0 Å². The first-order valence-electron chi connectivity index (χ1n) is 5.43. The molecule has 0 radical (unpaired) electrons. The second-order valence-electron chi connectivity index (χ2n) is 3.35. The van der Waals surface area contributed by atoms with Crippen LogP contribution in [-0.2, 0) is 6.54 Å². The predicted molar refractivity (Wildman–Crippen MR) is 66.1 cm³/mol. The fraction of sp³-hybridized carbons (Fsp3) is 0.385. The molecule has 0 heterocycles. The molecule has 3 nitrogen and oxygen atoms in total. The van der Waals surface area contributed by atoms with Gasteiger partial charge in [0.25, 0.3) is 0 Å². The molecule has 0 aliphatic carbocycles. The van der Waals surface area contributed by atoms with Crippen LogP contribution < -0.4 is 14.8 Å². The Morgan fingerprint density at radius 2 is 2.25 bits per heavy atom. The number of hydrogen-bond acceptors (Lipinski definition) is 3. The van der Waals surface area contributed by atoms with Gasteiger partial charge in [-0.1, -0.05) is 25.6 Å². The van der Waals surface area contributed by atoms with Gasteiger partial charge in [0.1, 0.15) is 18.1 Å². The zero-order valence-corrected chi connectivity index (χ0v) is 9.95. The lowest BCUT2D eigenvalue weighted by Gasteiger charge is -2.12. The molecule has 0 bridgehead atoms. The molecule has 1 N–H and O–H groups in total. The predicted octanol–water partition coefficient (Wildman–Crippen LogP) is 2.37. The van der Waals surface area contributed by atoms with Crippen molar-refractivity contribution >= 4 is 0 Å². The van der Waals surface area contributed by atoms with Crippen molar-refractivity contribution in [3.63, 3.8) is 0 Å². The fourth-order valence-corrected chi connectivity index (χ4v) is 1.35.